The second kappa shape index (κ2) is 6.36. The highest BCUT2D eigenvalue weighted by atomic mass is 79.9. The van der Waals surface area contributed by atoms with E-state index in [-0.39, 0.29) is 30.6 Å². The second-order valence-electron chi connectivity index (χ2n) is 7.40. The Morgan fingerprint density at radius 1 is 1.21 bits per heavy atom. The molecule has 0 aliphatic carbocycles. The average Bonchev–Trinajstić information content (AvgIpc) is 3.37. The van der Waals surface area contributed by atoms with Gasteiger partial charge in [-0.3, -0.25) is 9.78 Å². The summed E-state index contributed by atoms with van der Waals surface area (Å²) in [4.78, 5) is 19.4. The van der Waals surface area contributed by atoms with Gasteiger partial charge in [0.25, 0.3) is 0 Å². The predicted molar refractivity (Wildman–Crippen MR) is 104 cm³/mol. The summed E-state index contributed by atoms with van der Waals surface area (Å²) in [5, 5.41) is 9.13. The van der Waals surface area contributed by atoms with Crippen molar-refractivity contribution in [2.24, 2.45) is 5.92 Å². The third kappa shape index (κ3) is 2.13. The molecular weight excluding hydrogens is 425 g/mol. The lowest BCUT2D eigenvalue weighted by molar-refractivity contribution is -0.141. The van der Waals surface area contributed by atoms with Crippen LogP contribution in [0.15, 0.2) is 48.8 Å². The average molecular weight is 444 g/mol. The van der Waals surface area contributed by atoms with E-state index in [1.165, 1.54) is 12.1 Å². The Labute approximate surface area is 171 Å². The number of amides is 1. The van der Waals surface area contributed by atoms with Gasteiger partial charge in [-0.2, -0.15) is 5.26 Å². The summed E-state index contributed by atoms with van der Waals surface area (Å²) in [6.45, 7) is 4.14. The number of aromatic nitrogens is 1. The fraction of sp³-hybridized carbons (Fsp3) is 0.381. The van der Waals surface area contributed by atoms with Crippen molar-refractivity contribution >= 4 is 21.8 Å². The van der Waals surface area contributed by atoms with Gasteiger partial charge < -0.3 is 9.64 Å². The van der Waals surface area contributed by atoms with Crippen LogP contribution in [0.3, 0.4) is 0 Å². The maximum Gasteiger partial charge on any atom is 0.245 e. The Morgan fingerprint density at radius 3 is 2.43 bits per heavy atom. The van der Waals surface area contributed by atoms with Gasteiger partial charge in [0, 0.05) is 24.5 Å². The van der Waals surface area contributed by atoms with Gasteiger partial charge in [-0.1, -0.05) is 41.9 Å². The number of fused-ring (bicyclic) bond motifs is 1. The van der Waals surface area contributed by atoms with Gasteiger partial charge in [0.05, 0.1) is 12.5 Å². The van der Waals surface area contributed by atoms with Crippen LogP contribution in [0.5, 0.6) is 0 Å². The Hall–Kier alpha value is -2.30. The largest absolute Gasteiger partial charge is 0.329 e. The molecule has 1 amide bonds. The topological polar surface area (TPSA) is 69.5 Å². The first-order valence-electron chi connectivity index (χ1n) is 9.11. The number of pyridine rings is 1. The molecule has 3 unspecified atom stereocenters. The number of nitriles is 1. The fourth-order valence-electron chi connectivity index (χ4n) is 4.47. The molecule has 1 aromatic heterocycles. The quantitative estimate of drug-likeness (QED) is 0.519. The Bertz CT molecular complexity index is 962. The number of benzene rings is 1. The number of hydrogen-bond acceptors (Lipinski definition) is 4. The third-order valence-corrected chi connectivity index (χ3v) is 7.56. The molecule has 2 fully saturated rings. The molecule has 3 atom stereocenters. The van der Waals surface area contributed by atoms with Crippen molar-refractivity contribution in [1.29, 1.82) is 5.26 Å². The highest BCUT2D eigenvalue weighted by Gasteiger charge is 2.90. The van der Waals surface area contributed by atoms with Crippen molar-refractivity contribution in [2.45, 2.75) is 35.9 Å². The molecule has 2 aliphatic rings. The zero-order valence-electron chi connectivity index (χ0n) is 15.5. The van der Waals surface area contributed by atoms with Crippen LogP contribution in [0.2, 0.25) is 0 Å². The number of hydrogen-bond donors (Lipinski definition) is 0. The van der Waals surface area contributed by atoms with Gasteiger partial charge in [-0.15, -0.1) is 0 Å². The standard InChI is InChI=1S/C21H19BrFN3O2/c1-14(2)19(22)18(27)26(13-3-10-24)21(16-4-6-17(23)7-5-16)20(19,28-21)15-8-11-25-12-9-15/h4-9,11-12,14H,3,13H2,1-2H3. The van der Waals surface area contributed by atoms with E-state index in [4.69, 9.17) is 10.00 Å². The third-order valence-electron chi connectivity index (χ3n) is 5.75. The molecule has 2 aromatic rings. The summed E-state index contributed by atoms with van der Waals surface area (Å²) in [6, 6.07) is 11.8. The molecule has 0 spiro atoms. The van der Waals surface area contributed by atoms with Crippen LogP contribution in [-0.2, 0) is 20.9 Å². The summed E-state index contributed by atoms with van der Waals surface area (Å²) in [5.74, 6) is -0.607. The van der Waals surface area contributed by atoms with Crippen molar-refractivity contribution < 1.29 is 13.9 Å². The molecule has 0 radical (unpaired) electrons. The summed E-state index contributed by atoms with van der Waals surface area (Å²) >= 11 is 3.76. The summed E-state index contributed by atoms with van der Waals surface area (Å²) in [7, 11) is 0. The van der Waals surface area contributed by atoms with Crippen LogP contribution in [0.25, 0.3) is 0 Å². The van der Waals surface area contributed by atoms with Crippen molar-refractivity contribution in [3.05, 3.63) is 65.7 Å². The second-order valence-corrected chi connectivity index (χ2v) is 8.65. The Morgan fingerprint density at radius 2 is 1.86 bits per heavy atom. The van der Waals surface area contributed by atoms with Gasteiger partial charge in [-0.25, -0.2) is 4.39 Å². The first-order chi connectivity index (χ1) is 13.4. The minimum absolute atomic E-state index is 0.109. The lowest BCUT2D eigenvalue weighted by atomic mass is 9.76. The molecular formula is C21H19BrFN3O2. The molecule has 2 saturated heterocycles. The van der Waals surface area contributed by atoms with Gasteiger partial charge in [-0.05, 0) is 35.7 Å². The molecule has 5 nitrogen and oxygen atoms in total. The monoisotopic (exact) mass is 443 g/mol. The molecule has 0 bridgehead atoms. The van der Waals surface area contributed by atoms with E-state index in [9.17, 15) is 9.18 Å². The number of carbonyl (C=O) groups excluding carboxylic acids is 1. The summed E-state index contributed by atoms with van der Waals surface area (Å²) in [6.07, 6.45) is 3.50. The van der Waals surface area contributed by atoms with Gasteiger partial charge in [0.15, 0.2) is 5.60 Å². The first kappa shape index (κ1) is 19.0. The molecule has 3 heterocycles. The van der Waals surface area contributed by atoms with Crippen LogP contribution in [-0.4, -0.2) is 26.7 Å². The van der Waals surface area contributed by atoms with Crippen molar-refractivity contribution in [3.63, 3.8) is 0 Å². The SMILES string of the molecule is CC(C)C1(Br)C(=O)N(CCC#N)C2(c3ccc(F)cc3)OC12c1ccncc1. The minimum atomic E-state index is -1.11. The van der Waals surface area contributed by atoms with Gasteiger partial charge in [0.2, 0.25) is 11.6 Å². The number of halogens is 2. The summed E-state index contributed by atoms with van der Waals surface area (Å²) in [5.41, 5.74) is -0.630. The zero-order valence-corrected chi connectivity index (χ0v) is 17.1. The van der Waals surface area contributed by atoms with E-state index >= 15 is 0 Å². The number of likely N-dealkylation sites (tertiary alicyclic amines) is 1. The van der Waals surface area contributed by atoms with Gasteiger partial charge >= 0.3 is 0 Å². The normalized spacial score (nSPS) is 31.0. The maximum atomic E-state index is 13.6. The molecule has 7 heteroatoms. The Balaban J connectivity index is 1.99. The number of epoxide rings is 1. The van der Waals surface area contributed by atoms with Crippen LogP contribution in [0, 0.1) is 23.1 Å². The molecule has 4 rings (SSSR count). The minimum Gasteiger partial charge on any atom is -0.329 e. The number of alkyl halides is 1. The highest BCUT2D eigenvalue weighted by Crippen LogP contribution is 2.76. The van der Waals surface area contributed by atoms with Crippen molar-refractivity contribution in [2.75, 3.05) is 6.54 Å². The van der Waals surface area contributed by atoms with E-state index < -0.39 is 15.7 Å². The first-order valence-corrected chi connectivity index (χ1v) is 9.90. The van der Waals surface area contributed by atoms with Gasteiger partial charge in [0.1, 0.15) is 10.1 Å². The molecule has 1 aromatic carbocycles. The number of ether oxygens (including phenoxy) is 1. The van der Waals surface area contributed by atoms with E-state index in [2.05, 4.69) is 27.0 Å². The molecule has 0 N–H and O–H groups in total. The Kier molecular flexibility index (Phi) is 4.32. The van der Waals surface area contributed by atoms with Crippen molar-refractivity contribution in [3.8, 4) is 6.07 Å². The molecule has 0 saturated carbocycles. The number of carbonyl (C=O) groups is 1. The highest BCUT2D eigenvalue weighted by molar-refractivity contribution is 9.10. The van der Waals surface area contributed by atoms with Crippen LogP contribution in [0.4, 0.5) is 4.39 Å². The number of rotatable bonds is 5. The summed E-state index contributed by atoms with van der Waals surface area (Å²) < 4.78 is 19.1. The predicted octanol–water partition coefficient (Wildman–Crippen LogP) is 3.84. The maximum absolute atomic E-state index is 13.6. The van der Waals surface area contributed by atoms with E-state index in [0.29, 0.717) is 5.56 Å². The van der Waals surface area contributed by atoms with E-state index in [1.54, 1.807) is 29.4 Å². The van der Waals surface area contributed by atoms with E-state index in [0.717, 1.165) is 5.56 Å². The fourth-order valence-corrected chi connectivity index (χ4v) is 5.26. The lowest BCUT2D eigenvalue weighted by Gasteiger charge is -2.33. The van der Waals surface area contributed by atoms with Crippen LogP contribution < -0.4 is 0 Å². The zero-order chi connectivity index (χ0) is 20.2. The van der Waals surface area contributed by atoms with E-state index in [1.807, 2.05) is 26.0 Å². The number of nitrogens with zero attached hydrogens (tertiary/aromatic N) is 3. The molecule has 144 valence electrons. The van der Waals surface area contributed by atoms with Crippen molar-refractivity contribution in [1.82, 2.24) is 9.88 Å². The van der Waals surface area contributed by atoms with Crippen LogP contribution in [0.1, 0.15) is 31.4 Å². The molecule has 2 aliphatic heterocycles. The molecule has 28 heavy (non-hydrogen) atoms. The lowest BCUT2D eigenvalue weighted by Crippen LogP contribution is -2.49. The van der Waals surface area contributed by atoms with Crippen LogP contribution >= 0.6 is 15.9 Å². The smallest absolute Gasteiger partial charge is 0.245 e.